The molecule has 2 aromatic rings. The average Bonchev–Trinajstić information content (AvgIpc) is 2.76. The Balaban J connectivity index is 1.87. The van der Waals surface area contributed by atoms with Crippen LogP contribution in [-0.2, 0) is 16.1 Å². The Morgan fingerprint density at radius 2 is 1.97 bits per heavy atom. The first-order valence-electron chi connectivity index (χ1n) is 9.98. The molecule has 0 bridgehead atoms. The number of methoxy groups -OCH3 is 1. The molecule has 1 atom stereocenters. The number of hydrogen-bond donors (Lipinski definition) is 2. The van der Waals surface area contributed by atoms with Crippen LogP contribution in [-0.4, -0.2) is 19.1 Å². The van der Waals surface area contributed by atoms with Crippen molar-refractivity contribution in [2.24, 2.45) is 0 Å². The van der Waals surface area contributed by atoms with Crippen LogP contribution < -0.4 is 15.4 Å². The van der Waals surface area contributed by atoms with Gasteiger partial charge in [0, 0.05) is 21.3 Å². The number of halogens is 2. The molecule has 0 fully saturated rings. The summed E-state index contributed by atoms with van der Waals surface area (Å²) >= 11 is 12.2. The minimum atomic E-state index is -0.643. The lowest BCUT2D eigenvalue weighted by molar-refractivity contribution is -0.136. The second-order valence-corrected chi connectivity index (χ2v) is 7.96. The van der Waals surface area contributed by atoms with Gasteiger partial charge in [-0.3, -0.25) is 0 Å². The molecule has 6 nitrogen and oxygen atoms in total. The van der Waals surface area contributed by atoms with E-state index < -0.39 is 12.0 Å². The molecule has 164 valence electrons. The molecular weight excluding hydrogens is 439 g/mol. The smallest absolute Gasteiger partial charge is 0.337 e. The maximum Gasteiger partial charge on any atom is 0.337 e. The zero-order valence-corrected chi connectivity index (χ0v) is 18.8. The molecule has 1 aliphatic heterocycles. The van der Waals surface area contributed by atoms with Gasteiger partial charge in [-0.15, -0.1) is 0 Å². The minimum Gasteiger partial charge on any atom is -0.489 e. The Kier molecular flexibility index (Phi) is 7.82. The van der Waals surface area contributed by atoms with Gasteiger partial charge in [0.25, 0.3) is 0 Å². The van der Waals surface area contributed by atoms with E-state index in [1.165, 1.54) is 7.11 Å². The number of esters is 1. The lowest BCUT2D eigenvalue weighted by atomic mass is 9.93. The summed E-state index contributed by atoms with van der Waals surface area (Å²) in [6, 6.07) is 11.4. The van der Waals surface area contributed by atoms with E-state index in [0.29, 0.717) is 39.0 Å². The van der Waals surface area contributed by atoms with Crippen LogP contribution in [0.4, 0.5) is 4.79 Å². The SMILES string of the molecule is CCCCC1=C(C(=O)OC)C(c2cccc(OCc3ccc(Cl)cc3Cl)c2)NC(=O)N1. The van der Waals surface area contributed by atoms with Gasteiger partial charge in [0.1, 0.15) is 12.4 Å². The number of carbonyl (C=O) groups is 2. The molecule has 3 rings (SSSR count). The van der Waals surface area contributed by atoms with Crippen molar-refractivity contribution in [1.29, 1.82) is 0 Å². The summed E-state index contributed by atoms with van der Waals surface area (Å²) < 4.78 is 10.9. The predicted molar refractivity (Wildman–Crippen MR) is 120 cm³/mol. The van der Waals surface area contributed by atoms with Crippen LogP contribution in [0, 0.1) is 0 Å². The second-order valence-electron chi connectivity index (χ2n) is 7.12. The van der Waals surface area contributed by atoms with Crippen LogP contribution in [0.2, 0.25) is 10.0 Å². The summed E-state index contributed by atoms with van der Waals surface area (Å²) in [5.74, 6) is 0.0958. The highest BCUT2D eigenvalue weighted by atomic mass is 35.5. The third-order valence-corrected chi connectivity index (χ3v) is 5.53. The molecular formula is C23H24Cl2N2O4. The molecule has 0 aromatic heterocycles. The highest BCUT2D eigenvalue weighted by Crippen LogP contribution is 2.31. The van der Waals surface area contributed by atoms with Crippen molar-refractivity contribution in [3.8, 4) is 5.75 Å². The quantitative estimate of drug-likeness (QED) is 0.504. The van der Waals surface area contributed by atoms with Gasteiger partial charge >= 0.3 is 12.0 Å². The number of nitrogens with one attached hydrogen (secondary N) is 2. The van der Waals surface area contributed by atoms with Crippen molar-refractivity contribution < 1.29 is 19.1 Å². The largest absolute Gasteiger partial charge is 0.489 e. The van der Waals surface area contributed by atoms with Crippen LogP contribution in [0.25, 0.3) is 0 Å². The van der Waals surface area contributed by atoms with E-state index in [4.69, 9.17) is 32.7 Å². The molecule has 1 aliphatic rings. The van der Waals surface area contributed by atoms with E-state index in [9.17, 15) is 9.59 Å². The minimum absolute atomic E-state index is 0.249. The van der Waals surface area contributed by atoms with E-state index in [1.807, 2.05) is 19.1 Å². The zero-order valence-electron chi connectivity index (χ0n) is 17.3. The summed E-state index contributed by atoms with van der Waals surface area (Å²) in [4.78, 5) is 24.8. The topological polar surface area (TPSA) is 76.7 Å². The first-order valence-corrected chi connectivity index (χ1v) is 10.7. The molecule has 2 amide bonds. The standard InChI is InChI=1S/C23H24Cl2N2O4/c1-3-4-8-19-20(22(28)30-2)21(27-23(29)26-19)14-6-5-7-17(11-14)31-13-15-9-10-16(24)12-18(15)25/h5-7,9-12,21H,3-4,8,13H2,1-2H3,(H2,26,27,29). The Hall–Kier alpha value is -2.70. The summed E-state index contributed by atoms with van der Waals surface area (Å²) in [5, 5.41) is 6.65. The Labute approximate surface area is 191 Å². The lowest BCUT2D eigenvalue weighted by Gasteiger charge is -2.29. The number of allylic oxidation sites excluding steroid dienone is 1. The van der Waals surface area contributed by atoms with Gasteiger partial charge in [-0.1, -0.05) is 54.7 Å². The summed E-state index contributed by atoms with van der Waals surface area (Å²) in [6.07, 6.45) is 2.35. The maximum absolute atomic E-state index is 12.6. The van der Waals surface area contributed by atoms with E-state index in [2.05, 4.69) is 10.6 Å². The molecule has 8 heteroatoms. The number of amides is 2. The number of benzene rings is 2. The number of rotatable bonds is 8. The van der Waals surface area contributed by atoms with Crippen molar-refractivity contribution >= 4 is 35.2 Å². The van der Waals surface area contributed by atoms with Gasteiger partial charge < -0.3 is 20.1 Å². The Morgan fingerprint density at radius 3 is 2.68 bits per heavy atom. The van der Waals surface area contributed by atoms with E-state index in [0.717, 1.165) is 18.4 Å². The molecule has 0 saturated heterocycles. The first kappa shape index (κ1) is 23.0. The van der Waals surface area contributed by atoms with Gasteiger partial charge in [-0.25, -0.2) is 9.59 Å². The molecule has 2 aromatic carbocycles. The van der Waals surface area contributed by atoms with Gasteiger partial charge in [0.2, 0.25) is 0 Å². The summed E-state index contributed by atoms with van der Waals surface area (Å²) in [6.45, 7) is 2.30. The number of hydrogen-bond acceptors (Lipinski definition) is 4. The van der Waals surface area contributed by atoms with Crippen molar-refractivity contribution in [1.82, 2.24) is 10.6 Å². The number of urea groups is 1. The van der Waals surface area contributed by atoms with E-state index >= 15 is 0 Å². The summed E-state index contributed by atoms with van der Waals surface area (Å²) in [5.41, 5.74) is 2.49. The van der Waals surface area contributed by atoms with Crippen LogP contribution in [0.3, 0.4) is 0 Å². The van der Waals surface area contributed by atoms with Crippen molar-refractivity contribution in [3.63, 3.8) is 0 Å². The molecule has 0 aliphatic carbocycles. The van der Waals surface area contributed by atoms with Crippen LogP contribution >= 0.6 is 23.2 Å². The Morgan fingerprint density at radius 1 is 1.16 bits per heavy atom. The molecule has 0 saturated carbocycles. The summed E-state index contributed by atoms with van der Waals surface area (Å²) in [7, 11) is 1.33. The van der Waals surface area contributed by atoms with Crippen molar-refractivity contribution in [2.75, 3.05) is 7.11 Å². The highest BCUT2D eigenvalue weighted by Gasteiger charge is 2.33. The Bertz CT molecular complexity index is 1010. The fourth-order valence-corrected chi connectivity index (χ4v) is 3.82. The van der Waals surface area contributed by atoms with E-state index in [1.54, 1.807) is 30.3 Å². The maximum atomic E-state index is 12.6. The predicted octanol–water partition coefficient (Wildman–Crippen LogP) is 5.54. The first-order chi connectivity index (χ1) is 14.9. The second kappa shape index (κ2) is 10.6. The molecule has 2 N–H and O–H groups in total. The lowest BCUT2D eigenvalue weighted by Crippen LogP contribution is -2.45. The fourth-order valence-electron chi connectivity index (χ4n) is 3.35. The van der Waals surface area contributed by atoms with Gasteiger partial charge in [-0.2, -0.15) is 0 Å². The fraction of sp³-hybridized carbons (Fsp3) is 0.304. The normalized spacial score (nSPS) is 15.9. The van der Waals surface area contributed by atoms with Gasteiger partial charge in [-0.05, 0) is 42.7 Å². The molecule has 0 spiro atoms. The molecule has 0 radical (unpaired) electrons. The van der Waals surface area contributed by atoms with Crippen molar-refractivity contribution in [3.05, 3.63) is 74.9 Å². The highest BCUT2D eigenvalue weighted by molar-refractivity contribution is 6.35. The number of unbranched alkanes of at least 4 members (excludes halogenated alkanes) is 1. The van der Waals surface area contributed by atoms with Gasteiger partial charge in [0.15, 0.2) is 0 Å². The van der Waals surface area contributed by atoms with Crippen LogP contribution in [0.15, 0.2) is 53.7 Å². The van der Waals surface area contributed by atoms with Gasteiger partial charge in [0.05, 0.1) is 18.7 Å². The van der Waals surface area contributed by atoms with Crippen molar-refractivity contribution in [2.45, 2.75) is 38.8 Å². The monoisotopic (exact) mass is 462 g/mol. The number of ether oxygens (including phenoxy) is 2. The molecule has 1 heterocycles. The van der Waals surface area contributed by atoms with Crippen LogP contribution in [0.5, 0.6) is 5.75 Å². The molecule has 1 unspecified atom stereocenters. The third kappa shape index (κ3) is 5.71. The van der Waals surface area contributed by atoms with Crippen LogP contribution in [0.1, 0.15) is 43.4 Å². The van der Waals surface area contributed by atoms with E-state index in [-0.39, 0.29) is 12.6 Å². The number of carbonyl (C=O) groups excluding carboxylic acids is 2. The zero-order chi connectivity index (χ0) is 22.4. The third-order valence-electron chi connectivity index (χ3n) is 4.94. The average molecular weight is 463 g/mol. The molecule has 31 heavy (non-hydrogen) atoms.